The van der Waals surface area contributed by atoms with Crippen molar-refractivity contribution in [3.8, 4) is 11.5 Å². The second-order valence-electron chi connectivity index (χ2n) is 11.4. The Bertz CT molecular complexity index is 1080. The third-order valence-electron chi connectivity index (χ3n) is 9.96. The van der Waals surface area contributed by atoms with Crippen molar-refractivity contribution in [1.82, 2.24) is 9.80 Å². The van der Waals surface area contributed by atoms with Gasteiger partial charge in [0.05, 0.1) is 28.9 Å². The van der Waals surface area contributed by atoms with Crippen molar-refractivity contribution in [2.75, 3.05) is 13.1 Å². The van der Waals surface area contributed by atoms with Gasteiger partial charge in [-0.05, 0) is 69.0 Å². The Morgan fingerprint density at radius 2 is 1.88 bits per heavy atom. The number of ether oxygens (including phenoxy) is 1. The quantitative estimate of drug-likeness (QED) is 0.695. The lowest BCUT2D eigenvalue weighted by Gasteiger charge is -2.64. The van der Waals surface area contributed by atoms with Crippen molar-refractivity contribution in [2.24, 2.45) is 17.8 Å². The number of piperidine rings is 2. The van der Waals surface area contributed by atoms with Gasteiger partial charge in [-0.15, -0.1) is 0 Å². The minimum absolute atomic E-state index is 0.00489. The highest BCUT2D eigenvalue weighted by molar-refractivity contribution is 6.09. The maximum Gasteiger partial charge on any atom is 0.233 e. The maximum atomic E-state index is 13.0. The largest absolute Gasteiger partial charge is 0.504 e. The van der Waals surface area contributed by atoms with Gasteiger partial charge in [0.15, 0.2) is 11.5 Å². The number of benzene rings is 1. The van der Waals surface area contributed by atoms with Gasteiger partial charge in [0, 0.05) is 18.2 Å². The zero-order chi connectivity index (χ0) is 21.6. The molecule has 0 aromatic heterocycles. The third-order valence-corrected chi connectivity index (χ3v) is 9.96. The molecule has 2 bridgehead atoms. The minimum Gasteiger partial charge on any atom is -0.504 e. The topological polar surface area (TPSA) is 90.3 Å². The summed E-state index contributed by atoms with van der Waals surface area (Å²) in [4.78, 5) is 30.0. The molecule has 32 heavy (non-hydrogen) atoms. The van der Waals surface area contributed by atoms with Gasteiger partial charge in [0.1, 0.15) is 6.10 Å². The Morgan fingerprint density at radius 1 is 1.09 bits per heavy atom. The van der Waals surface area contributed by atoms with Crippen molar-refractivity contribution < 1.29 is 24.5 Å². The number of phenolic OH excluding ortho intramolecular Hbond substituents is 1. The van der Waals surface area contributed by atoms with E-state index in [9.17, 15) is 19.8 Å². The second-order valence-corrected chi connectivity index (χ2v) is 11.4. The van der Waals surface area contributed by atoms with Gasteiger partial charge in [0.25, 0.3) is 0 Å². The van der Waals surface area contributed by atoms with Crippen molar-refractivity contribution in [1.29, 1.82) is 0 Å². The van der Waals surface area contributed by atoms with E-state index in [4.69, 9.17) is 4.74 Å². The minimum atomic E-state index is -0.984. The Hall–Kier alpha value is -2.12. The van der Waals surface area contributed by atoms with E-state index < -0.39 is 17.1 Å². The van der Waals surface area contributed by atoms with Gasteiger partial charge in [-0.1, -0.05) is 6.07 Å². The predicted octanol–water partition coefficient (Wildman–Crippen LogP) is 1.33. The van der Waals surface area contributed by atoms with Gasteiger partial charge in [-0.2, -0.15) is 0 Å². The van der Waals surface area contributed by atoms with E-state index in [1.807, 2.05) is 6.07 Å². The van der Waals surface area contributed by atoms with E-state index in [1.165, 1.54) is 17.7 Å². The van der Waals surface area contributed by atoms with Gasteiger partial charge in [0.2, 0.25) is 11.8 Å². The molecule has 3 saturated carbocycles. The first-order valence-electron chi connectivity index (χ1n) is 12.3. The summed E-state index contributed by atoms with van der Waals surface area (Å²) >= 11 is 0. The molecule has 7 atom stereocenters. The molecule has 4 aliphatic carbocycles. The van der Waals surface area contributed by atoms with E-state index in [0.717, 1.165) is 43.0 Å². The summed E-state index contributed by atoms with van der Waals surface area (Å²) in [6.45, 7) is 1.91. The Kier molecular flexibility index (Phi) is 3.15. The van der Waals surface area contributed by atoms with Crippen molar-refractivity contribution >= 4 is 11.8 Å². The maximum absolute atomic E-state index is 13.0. The lowest BCUT2D eigenvalue weighted by atomic mass is 9.48. The second kappa shape index (κ2) is 5.50. The van der Waals surface area contributed by atoms with Crippen molar-refractivity contribution in [3.63, 3.8) is 0 Å². The summed E-state index contributed by atoms with van der Waals surface area (Å²) in [5.41, 5.74) is 0.414. The van der Waals surface area contributed by atoms with Crippen LogP contribution in [-0.4, -0.2) is 68.7 Å². The molecule has 0 radical (unpaired) electrons. The van der Waals surface area contributed by atoms with Crippen LogP contribution in [0.4, 0.5) is 0 Å². The number of hydrogen-bond acceptors (Lipinski definition) is 6. The molecule has 1 spiro atoms. The van der Waals surface area contributed by atoms with Crippen LogP contribution in [0.2, 0.25) is 0 Å². The summed E-state index contributed by atoms with van der Waals surface area (Å²) in [6, 6.07) is 3.31. The van der Waals surface area contributed by atoms with Crippen LogP contribution in [0.5, 0.6) is 11.5 Å². The molecule has 2 amide bonds. The van der Waals surface area contributed by atoms with E-state index >= 15 is 0 Å². The molecule has 3 heterocycles. The molecule has 5 fully saturated rings. The molecule has 1 aromatic rings. The number of fused-ring (bicyclic) bond motifs is 1. The number of likely N-dealkylation sites (tertiary alicyclic amines) is 2. The lowest BCUT2D eigenvalue weighted by Crippen LogP contribution is -2.78. The van der Waals surface area contributed by atoms with Crippen LogP contribution in [0.25, 0.3) is 0 Å². The van der Waals surface area contributed by atoms with Gasteiger partial charge in [-0.25, -0.2) is 0 Å². The van der Waals surface area contributed by atoms with E-state index in [1.54, 1.807) is 6.07 Å². The number of carbonyl (C=O) groups is 2. The number of amides is 2. The molecule has 1 aromatic carbocycles. The van der Waals surface area contributed by atoms with Crippen molar-refractivity contribution in [3.05, 3.63) is 23.3 Å². The molecule has 2 saturated heterocycles. The highest BCUT2D eigenvalue weighted by Crippen LogP contribution is 2.66. The molecule has 8 rings (SSSR count). The van der Waals surface area contributed by atoms with Crippen LogP contribution in [-0.2, 0) is 21.4 Å². The number of aromatic hydroxyl groups is 1. The highest BCUT2D eigenvalue weighted by atomic mass is 16.5. The van der Waals surface area contributed by atoms with Crippen LogP contribution >= 0.6 is 0 Å². The van der Waals surface area contributed by atoms with Crippen LogP contribution in [0.15, 0.2) is 12.1 Å². The fourth-order valence-corrected chi connectivity index (χ4v) is 8.25. The first-order chi connectivity index (χ1) is 15.4. The summed E-state index contributed by atoms with van der Waals surface area (Å²) in [7, 11) is 0. The molecule has 168 valence electrons. The predicted molar refractivity (Wildman–Crippen MR) is 112 cm³/mol. The standard InChI is InChI=1S/C25H28N2O5/c28-17-4-3-13-9-18-25(31)6-5-16(27-22(29)14-10-15(14)23(27)30)21-24(25,19(13)20(17)32-21)7-8-26(18)11-12-1-2-12/h3-4,12,14-16,18,21,28,31H,1-2,5-11H2/t14-,15+,16-,18-,21+,24+,25-/m1/s1. The number of hydrogen-bond donors (Lipinski definition) is 2. The van der Waals surface area contributed by atoms with E-state index in [2.05, 4.69) is 4.90 Å². The summed E-state index contributed by atoms with van der Waals surface area (Å²) in [5.74, 6) is 0.887. The number of imide groups is 1. The third kappa shape index (κ3) is 1.90. The first kappa shape index (κ1) is 18.3. The molecule has 0 unspecified atom stereocenters. The van der Waals surface area contributed by atoms with Crippen LogP contribution in [0.3, 0.4) is 0 Å². The molecular formula is C25H28N2O5. The first-order valence-corrected chi connectivity index (χ1v) is 12.3. The van der Waals surface area contributed by atoms with E-state index in [-0.39, 0.29) is 41.5 Å². The van der Waals surface area contributed by atoms with Crippen LogP contribution in [0, 0.1) is 17.8 Å². The number of phenols is 1. The van der Waals surface area contributed by atoms with E-state index in [0.29, 0.717) is 25.0 Å². The lowest BCUT2D eigenvalue weighted by molar-refractivity contribution is -0.202. The summed E-state index contributed by atoms with van der Waals surface area (Å²) < 4.78 is 6.50. The SMILES string of the molecule is O=C1[C@H]2C[C@H]2C(=O)N1[C@@H]1CC[C@@]2(O)[C@H]3Cc4ccc(O)c5c4[C@@]2(CCN3CC2CC2)[C@H]1O5. The van der Waals surface area contributed by atoms with Crippen molar-refractivity contribution in [2.45, 2.75) is 74.1 Å². The number of carbonyl (C=O) groups excluding carboxylic acids is 2. The molecule has 2 N–H and O–H groups in total. The van der Waals surface area contributed by atoms with Crippen LogP contribution in [0.1, 0.15) is 49.7 Å². The fraction of sp³-hybridized carbons (Fsp3) is 0.680. The summed E-state index contributed by atoms with van der Waals surface area (Å²) in [5, 5.41) is 23.2. The normalized spacial score (nSPS) is 45.5. The average molecular weight is 437 g/mol. The molecular weight excluding hydrogens is 408 g/mol. The molecule has 7 heteroatoms. The monoisotopic (exact) mass is 436 g/mol. The Morgan fingerprint density at radius 3 is 2.62 bits per heavy atom. The highest BCUT2D eigenvalue weighted by Gasteiger charge is 2.75. The van der Waals surface area contributed by atoms with Gasteiger partial charge >= 0.3 is 0 Å². The molecule has 3 aliphatic heterocycles. The number of aliphatic hydroxyl groups is 1. The smallest absolute Gasteiger partial charge is 0.233 e. The van der Waals surface area contributed by atoms with Crippen LogP contribution < -0.4 is 4.74 Å². The van der Waals surface area contributed by atoms with Gasteiger partial charge < -0.3 is 14.9 Å². The zero-order valence-electron chi connectivity index (χ0n) is 18.0. The number of nitrogens with zero attached hydrogens (tertiary/aromatic N) is 2. The van der Waals surface area contributed by atoms with Gasteiger partial charge in [-0.3, -0.25) is 19.4 Å². The molecule has 7 aliphatic rings. The zero-order valence-corrected chi connectivity index (χ0v) is 18.0. The summed E-state index contributed by atoms with van der Waals surface area (Å²) in [6.07, 6.45) is 5.31. The Labute approximate surface area is 186 Å². The molecule has 7 nitrogen and oxygen atoms in total. The average Bonchev–Trinajstić information content (AvgIpc) is 3.67. The fourth-order valence-electron chi connectivity index (χ4n) is 8.25. The number of rotatable bonds is 3. The Balaban J connectivity index is 1.29.